The fraction of sp³-hybridized carbons (Fsp3) is 0.400. The molecule has 0 bridgehead atoms. The molecule has 3 nitrogen and oxygen atoms in total. The zero-order valence-electron chi connectivity index (χ0n) is 10.8. The summed E-state index contributed by atoms with van der Waals surface area (Å²) in [4.78, 5) is 36.5. The predicted molar refractivity (Wildman–Crippen MR) is 67.7 cm³/mol. The number of rotatable bonds is 1. The summed E-state index contributed by atoms with van der Waals surface area (Å²) in [6.45, 7) is 5.31. The first kappa shape index (κ1) is 12.7. The topological polar surface area (TPSA) is 51.2 Å². The highest BCUT2D eigenvalue weighted by Gasteiger charge is 2.40. The van der Waals surface area contributed by atoms with Crippen LogP contribution >= 0.6 is 0 Å². The summed E-state index contributed by atoms with van der Waals surface area (Å²) in [5.41, 5.74) is 0.226. The third-order valence-electron chi connectivity index (χ3n) is 3.25. The Balaban J connectivity index is 2.44. The number of benzene rings is 1. The first-order valence-electron chi connectivity index (χ1n) is 6.03. The van der Waals surface area contributed by atoms with Crippen LogP contribution < -0.4 is 0 Å². The second-order valence-corrected chi connectivity index (χ2v) is 5.70. The lowest BCUT2D eigenvalue weighted by atomic mass is 9.73. The van der Waals surface area contributed by atoms with Crippen molar-refractivity contribution in [1.29, 1.82) is 0 Å². The molecule has 1 aliphatic rings. The second-order valence-electron chi connectivity index (χ2n) is 5.70. The van der Waals surface area contributed by atoms with Gasteiger partial charge in [0.25, 0.3) is 0 Å². The van der Waals surface area contributed by atoms with E-state index >= 15 is 0 Å². The van der Waals surface area contributed by atoms with Crippen molar-refractivity contribution in [3.63, 3.8) is 0 Å². The Labute approximate surface area is 106 Å². The van der Waals surface area contributed by atoms with Gasteiger partial charge in [0.05, 0.1) is 5.92 Å². The van der Waals surface area contributed by atoms with E-state index in [1.807, 2.05) is 0 Å². The Kier molecular flexibility index (Phi) is 2.93. The van der Waals surface area contributed by atoms with Gasteiger partial charge in [-0.25, -0.2) is 0 Å². The molecule has 94 valence electrons. The monoisotopic (exact) mass is 244 g/mol. The second kappa shape index (κ2) is 4.16. The van der Waals surface area contributed by atoms with Crippen molar-refractivity contribution in [2.45, 2.75) is 27.2 Å². The van der Waals surface area contributed by atoms with E-state index in [1.54, 1.807) is 45.0 Å². The molecular formula is C15H16O3. The fourth-order valence-corrected chi connectivity index (χ4v) is 2.25. The van der Waals surface area contributed by atoms with Gasteiger partial charge in [-0.15, -0.1) is 0 Å². The van der Waals surface area contributed by atoms with Crippen LogP contribution in [0.1, 0.15) is 47.9 Å². The molecule has 3 heteroatoms. The third kappa shape index (κ3) is 2.01. The number of carbonyl (C=O) groups is 3. The van der Waals surface area contributed by atoms with E-state index in [-0.39, 0.29) is 23.8 Å². The summed E-state index contributed by atoms with van der Waals surface area (Å²) in [6.07, 6.45) is 0.00590. The predicted octanol–water partition coefficient (Wildman–Crippen LogP) is 2.69. The van der Waals surface area contributed by atoms with Crippen LogP contribution in [0.4, 0.5) is 0 Å². The van der Waals surface area contributed by atoms with Crippen LogP contribution in [0.25, 0.3) is 0 Å². The molecule has 1 aliphatic carbocycles. The number of carbonyl (C=O) groups excluding carboxylic acids is 3. The highest BCUT2D eigenvalue weighted by Crippen LogP contribution is 2.31. The summed E-state index contributed by atoms with van der Waals surface area (Å²) in [6, 6.07) is 6.72. The maximum atomic E-state index is 12.3. The lowest BCUT2D eigenvalue weighted by Gasteiger charge is -2.27. The molecule has 0 saturated heterocycles. The van der Waals surface area contributed by atoms with Crippen LogP contribution in [0, 0.1) is 11.3 Å². The summed E-state index contributed by atoms with van der Waals surface area (Å²) >= 11 is 0. The lowest BCUT2D eigenvalue weighted by molar-refractivity contribution is -0.128. The summed E-state index contributed by atoms with van der Waals surface area (Å²) in [7, 11) is 0. The van der Waals surface area contributed by atoms with Gasteiger partial charge >= 0.3 is 0 Å². The van der Waals surface area contributed by atoms with Gasteiger partial charge in [-0.1, -0.05) is 45.0 Å². The van der Waals surface area contributed by atoms with Gasteiger partial charge < -0.3 is 0 Å². The van der Waals surface area contributed by atoms with E-state index in [0.29, 0.717) is 11.1 Å². The molecule has 0 saturated carbocycles. The first-order chi connectivity index (χ1) is 8.32. The molecule has 0 fully saturated rings. The number of fused-ring (bicyclic) bond motifs is 1. The molecule has 0 heterocycles. The molecule has 0 radical (unpaired) electrons. The summed E-state index contributed by atoms with van der Waals surface area (Å²) in [5.74, 6) is -1.30. The average molecular weight is 244 g/mol. The number of hydrogen-bond acceptors (Lipinski definition) is 3. The van der Waals surface area contributed by atoms with Gasteiger partial charge in [0.1, 0.15) is 5.78 Å². The van der Waals surface area contributed by atoms with Gasteiger partial charge in [0.15, 0.2) is 11.6 Å². The van der Waals surface area contributed by atoms with E-state index in [4.69, 9.17) is 0 Å². The molecule has 1 aromatic carbocycles. The Morgan fingerprint density at radius 3 is 2.22 bits per heavy atom. The minimum Gasteiger partial charge on any atom is -0.298 e. The quantitative estimate of drug-likeness (QED) is 0.714. The Morgan fingerprint density at radius 2 is 1.67 bits per heavy atom. The smallest absolute Gasteiger partial charge is 0.174 e. The molecule has 0 aromatic heterocycles. The maximum absolute atomic E-state index is 12.3. The molecule has 2 rings (SSSR count). The van der Waals surface area contributed by atoms with Gasteiger partial charge in [0.2, 0.25) is 0 Å². The van der Waals surface area contributed by atoms with E-state index < -0.39 is 11.3 Å². The molecule has 0 aliphatic heterocycles. The molecule has 1 aromatic rings. The molecular weight excluding hydrogens is 228 g/mol. The van der Waals surface area contributed by atoms with Gasteiger partial charge in [-0.05, 0) is 0 Å². The summed E-state index contributed by atoms with van der Waals surface area (Å²) < 4.78 is 0. The van der Waals surface area contributed by atoms with Crippen LogP contribution in [0.3, 0.4) is 0 Å². The van der Waals surface area contributed by atoms with E-state index in [9.17, 15) is 14.4 Å². The molecule has 0 unspecified atom stereocenters. The zero-order chi connectivity index (χ0) is 13.5. The van der Waals surface area contributed by atoms with E-state index in [2.05, 4.69) is 0 Å². The van der Waals surface area contributed by atoms with Crippen molar-refractivity contribution in [3.05, 3.63) is 35.4 Å². The fourth-order valence-electron chi connectivity index (χ4n) is 2.25. The van der Waals surface area contributed by atoms with Crippen LogP contribution in [0.15, 0.2) is 24.3 Å². The highest BCUT2D eigenvalue weighted by molar-refractivity contribution is 6.22. The molecule has 0 spiro atoms. The molecule has 1 atom stereocenters. The number of ketones is 3. The van der Waals surface area contributed by atoms with Gasteiger partial charge in [-0.3, -0.25) is 14.4 Å². The van der Waals surface area contributed by atoms with Crippen molar-refractivity contribution in [3.8, 4) is 0 Å². The average Bonchev–Trinajstić information content (AvgIpc) is 2.32. The normalized spacial score (nSPS) is 19.6. The van der Waals surface area contributed by atoms with Crippen molar-refractivity contribution < 1.29 is 14.4 Å². The summed E-state index contributed by atoms with van der Waals surface area (Å²) in [5, 5.41) is 0. The molecule has 0 N–H and O–H groups in total. The third-order valence-corrected chi connectivity index (χ3v) is 3.25. The number of hydrogen-bond donors (Lipinski definition) is 0. The van der Waals surface area contributed by atoms with E-state index in [1.165, 1.54) is 0 Å². The van der Waals surface area contributed by atoms with Crippen molar-refractivity contribution in [2.75, 3.05) is 0 Å². The Bertz CT molecular complexity index is 535. The van der Waals surface area contributed by atoms with E-state index in [0.717, 1.165) is 0 Å². The molecule has 18 heavy (non-hydrogen) atoms. The van der Waals surface area contributed by atoms with Crippen LogP contribution in [-0.2, 0) is 4.79 Å². The van der Waals surface area contributed by atoms with Crippen LogP contribution in [0.2, 0.25) is 0 Å². The van der Waals surface area contributed by atoms with Gasteiger partial charge in [-0.2, -0.15) is 0 Å². The number of Topliss-reactive ketones (excluding diaryl/α,β-unsaturated/α-hetero) is 3. The Hall–Kier alpha value is -1.77. The minimum absolute atomic E-state index is 0.00590. The van der Waals surface area contributed by atoms with Crippen molar-refractivity contribution in [1.82, 2.24) is 0 Å². The molecule has 0 amide bonds. The SMILES string of the molecule is CC(C)(C)C(=O)[C@H]1CC(=O)c2ccccc2C1=O. The van der Waals surface area contributed by atoms with Crippen LogP contribution in [-0.4, -0.2) is 17.3 Å². The van der Waals surface area contributed by atoms with Crippen molar-refractivity contribution >= 4 is 17.3 Å². The standard InChI is InChI=1S/C15H16O3/c1-15(2,3)14(18)11-8-12(16)9-6-4-5-7-10(9)13(11)17/h4-7,11H,8H2,1-3H3/t11-/m0/s1. The minimum atomic E-state index is -0.813. The largest absolute Gasteiger partial charge is 0.298 e. The first-order valence-corrected chi connectivity index (χ1v) is 6.03. The highest BCUT2D eigenvalue weighted by atomic mass is 16.2. The lowest BCUT2D eigenvalue weighted by Crippen LogP contribution is -2.38. The van der Waals surface area contributed by atoms with Gasteiger partial charge in [0, 0.05) is 23.0 Å². The zero-order valence-corrected chi connectivity index (χ0v) is 10.8. The Morgan fingerprint density at radius 1 is 1.11 bits per heavy atom. The van der Waals surface area contributed by atoms with Crippen molar-refractivity contribution in [2.24, 2.45) is 11.3 Å². The van der Waals surface area contributed by atoms with Crippen LogP contribution in [0.5, 0.6) is 0 Å². The maximum Gasteiger partial charge on any atom is 0.174 e.